The maximum atomic E-state index is 12.7. The number of unbranched alkanes of at least 4 members (excludes halogenated alkanes) is 5. The lowest BCUT2D eigenvalue weighted by Crippen LogP contribution is -2.51. The number of halogens is 1. The van der Waals surface area contributed by atoms with Gasteiger partial charge in [-0.05, 0) is 111 Å². The third-order valence-electron chi connectivity index (χ3n) is 13.0. The van der Waals surface area contributed by atoms with Gasteiger partial charge < -0.3 is 15.8 Å². The maximum absolute atomic E-state index is 12.7. The van der Waals surface area contributed by atoms with Crippen molar-refractivity contribution in [3.8, 4) is 0 Å². The first-order chi connectivity index (χ1) is 22.1. The average Bonchev–Trinajstić information content (AvgIpc) is 3.38. The van der Waals surface area contributed by atoms with Gasteiger partial charge in [0.1, 0.15) is 11.9 Å². The van der Waals surface area contributed by atoms with E-state index in [1.807, 2.05) is 0 Å². The van der Waals surface area contributed by atoms with E-state index in [1.165, 1.54) is 92.2 Å². The molecule has 0 aliphatic heterocycles. The van der Waals surface area contributed by atoms with Crippen molar-refractivity contribution in [2.45, 2.75) is 150 Å². The molecule has 47 heavy (non-hydrogen) atoms. The highest BCUT2D eigenvalue weighted by Crippen LogP contribution is 2.67. The fourth-order valence-corrected chi connectivity index (χ4v) is 12.1. The summed E-state index contributed by atoms with van der Waals surface area (Å²) in [5.41, 5.74) is 7.91. The Bertz CT molecular complexity index is 1010. The zero-order valence-corrected chi connectivity index (χ0v) is 32.9. The minimum Gasteiger partial charge on any atom is -0.461 e. The third-order valence-corrected chi connectivity index (χ3v) is 15.1. The molecule has 3 fully saturated rings. The van der Waals surface area contributed by atoms with E-state index in [0.717, 1.165) is 87.1 Å². The van der Waals surface area contributed by atoms with E-state index in [1.54, 1.807) is 5.57 Å². The average molecular weight is 714 g/mol. The van der Waals surface area contributed by atoms with Crippen molar-refractivity contribution in [3.63, 3.8) is 0 Å². The van der Waals surface area contributed by atoms with E-state index in [0.29, 0.717) is 16.9 Å². The van der Waals surface area contributed by atoms with Gasteiger partial charge in [-0.3, -0.25) is 9.59 Å². The molecule has 0 aromatic carbocycles. The zero-order valence-electron chi connectivity index (χ0n) is 30.5. The lowest BCUT2D eigenvalue weighted by molar-refractivity contribution is -0.148. The molecule has 3 saturated carbocycles. The van der Waals surface area contributed by atoms with E-state index in [2.05, 4.69) is 46.0 Å². The maximum Gasteiger partial charge on any atom is 0.317 e. The molecule has 272 valence electrons. The van der Waals surface area contributed by atoms with Crippen LogP contribution in [0.5, 0.6) is 0 Å². The Hall–Kier alpha value is -0.370. The fourth-order valence-electron chi connectivity index (χ4n) is 10.4. The molecule has 1 amide bonds. The van der Waals surface area contributed by atoms with Gasteiger partial charge in [-0.15, -0.1) is 12.4 Å². The van der Waals surface area contributed by atoms with Crippen molar-refractivity contribution in [2.24, 2.45) is 52.1 Å². The molecular formula is C39H69ClN2O3S2. The summed E-state index contributed by atoms with van der Waals surface area (Å²) in [7, 11) is 2.90. The lowest BCUT2D eigenvalue weighted by Gasteiger charge is -2.58. The normalized spacial score (nSPS) is 32.0. The number of nitrogens with two attached hydrogens (primary N) is 1. The lowest BCUT2D eigenvalue weighted by atomic mass is 9.47. The molecule has 8 atom stereocenters. The van der Waals surface area contributed by atoms with Crippen LogP contribution in [0.3, 0.4) is 0 Å². The summed E-state index contributed by atoms with van der Waals surface area (Å²) in [6, 6.07) is 0. The number of rotatable bonds is 19. The second-order valence-electron chi connectivity index (χ2n) is 16.4. The molecule has 0 spiro atoms. The van der Waals surface area contributed by atoms with Gasteiger partial charge in [0.25, 0.3) is 0 Å². The number of hydrogen-bond acceptors (Lipinski definition) is 6. The Morgan fingerprint density at radius 3 is 2.38 bits per heavy atom. The molecule has 0 radical (unpaired) electrons. The highest BCUT2D eigenvalue weighted by Gasteiger charge is 2.59. The molecule has 4 rings (SSSR count). The van der Waals surface area contributed by atoms with Gasteiger partial charge >= 0.3 is 5.97 Å². The van der Waals surface area contributed by atoms with Crippen molar-refractivity contribution in [1.29, 1.82) is 0 Å². The molecule has 0 bridgehead atoms. The second kappa shape index (κ2) is 19.9. The van der Waals surface area contributed by atoms with E-state index in [9.17, 15) is 9.59 Å². The molecule has 3 N–H and O–H groups in total. The zero-order chi connectivity index (χ0) is 33.2. The van der Waals surface area contributed by atoms with Crippen LogP contribution in [0, 0.1) is 46.3 Å². The highest BCUT2D eigenvalue weighted by molar-refractivity contribution is 8.77. The minimum absolute atomic E-state index is 0. The van der Waals surface area contributed by atoms with Crippen molar-refractivity contribution in [3.05, 3.63) is 11.6 Å². The number of hydrogen-bond donors (Lipinski definition) is 2. The number of fused-ring (bicyclic) bond motifs is 5. The van der Waals surface area contributed by atoms with E-state index >= 15 is 0 Å². The third kappa shape index (κ3) is 11.1. The Balaban J connectivity index is 0.00000600. The smallest absolute Gasteiger partial charge is 0.317 e. The van der Waals surface area contributed by atoms with E-state index < -0.39 is 0 Å². The van der Waals surface area contributed by atoms with E-state index in [4.69, 9.17) is 10.5 Å². The predicted octanol–water partition coefficient (Wildman–Crippen LogP) is 10.2. The molecule has 5 nitrogen and oxygen atoms in total. The van der Waals surface area contributed by atoms with Crippen molar-refractivity contribution in [2.75, 3.05) is 24.6 Å². The summed E-state index contributed by atoms with van der Waals surface area (Å²) >= 11 is 0. The first kappa shape index (κ1) is 41.1. The highest BCUT2D eigenvalue weighted by atomic mass is 35.5. The summed E-state index contributed by atoms with van der Waals surface area (Å²) in [5, 5.41) is 3.00. The number of carbonyl (C=O) groups is 2. The Morgan fingerprint density at radius 1 is 0.915 bits per heavy atom. The molecule has 0 unspecified atom stereocenters. The molecule has 0 saturated heterocycles. The van der Waals surface area contributed by atoms with Crippen molar-refractivity contribution < 1.29 is 14.3 Å². The van der Waals surface area contributed by atoms with Crippen LogP contribution in [0.4, 0.5) is 0 Å². The molecule has 0 aromatic heterocycles. The first-order valence-corrected chi connectivity index (χ1v) is 21.7. The molecule has 0 aromatic rings. The van der Waals surface area contributed by atoms with Crippen LogP contribution in [0.25, 0.3) is 0 Å². The van der Waals surface area contributed by atoms with Crippen LogP contribution in [0.1, 0.15) is 144 Å². The van der Waals surface area contributed by atoms with Gasteiger partial charge in [-0.2, -0.15) is 0 Å². The van der Waals surface area contributed by atoms with Gasteiger partial charge in [-0.25, -0.2) is 0 Å². The van der Waals surface area contributed by atoms with Gasteiger partial charge in [0, 0.05) is 13.0 Å². The molecule has 0 heterocycles. The summed E-state index contributed by atoms with van der Waals surface area (Å²) in [4.78, 5) is 24.9. The van der Waals surface area contributed by atoms with Crippen LogP contribution < -0.4 is 11.1 Å². The van der Waals surface area contributed by atoms with E-state index in [-0.39, 0.29) is 35.8 Å². The van der Waals surface area contributed by atoms with Gasteiger partial charge in [-0.1, -0.05) is 113 Å². The predicted molar refractivity (Wildman–Crippen MR) is 205 cm³/mol. The second-order valence-corrected chi connectivity index (χ2v) is 18.9. The fraction of sp³-hybridized carbons (Fsp3) is 0.897. The van der Waals surface area contributed by atoms with Crippen LogP contribution >= 0.6 is 34.0 Å². The Kier molecular flexibility index (Phi) is 17.4. The summed E-state index contributed by atoms with van der Waals surface area (Å²) < 4.78 is 6.01. The molecule has 4 aliphatic rings. The van der Waals surface area contributed by atoms with Crippen LogP contribution in [0.2, 0.25) is 0 Å². The number of allylic oxidation sites excluding steroid dienone is 1. The van der Waals surface area contributed by atoms with Gasteiger partial charge in [0.15, 0.2) is 0 Å². The van der Waals surface area contributed by atoms with Crippen LogP contribution in [-0.4, -0.2) is 42.6 Å². The van der Waals surface area contributed by atoms with Gasteiger partial charge in [0.05, 0.1) is 5.75 Å². The number of amides is 1. The topological polar surface area (TPSA) is 81.4 Å². The van der Waals surface area contributed by atoms with Crippen molar-refractivity contribution in [1.82, 2.24) is 5.32 Å². The molecule has 8 heteroatoms. The quantitative estimate of drug-likeness (QED) is 0.0601. The minimum atomic E-state index is -0.136. The standard InChI is InChI=1S/C39H68N2O3S2.ClH/c1-28(2)13-12-14-29(3)33-17-18-34-32-16-15-30-25-31(19-21-38(30,4)35(32)20-22-39(33,34)5)44-37(43)27-46-45-26-36(42)41-24-11-9-7-6-8-10-23-40;/h15,28-29,31-35H,6-14,16-27,40H2,1-5H3,(H,41,42);1H/t29-,31+,32+,33-,34+,35+,38+,39-;/m1./s1. The Morgan fingerprint density at radius 2 is 1.64 bits per heavy atom. The number of ether oxygens (including phenoxy) is 1. The van der Waals surface area contributed by atoms with Crippen LogP contribution in [-0.2, 0) is 14.3 Å². The number of carbonyl (C=O) groups excluding carboxylic acids is 2. The van der Waals surface area contributed by atoms with Crippen molar-refractivity contribution >= 4 is 45.9 Å². The van der Waals surface area contributed by atoms with Crippen LogP contribution in [0.15, 0.2) is 11.6 Å². The number of nitrogens with one attached hydrogen (secondary N) is 1. The van der Waals surface area contributed by atoms with Gasteiger partial charge in [0.2, 0.25) is 5.91 Å². The summed E-state index contributed by atoms with van der Waals surface area (Å²) in [6.45, 7) is 14.0. The molecule has 4 aliphatic carbocycles. The SMILES string of the molecule is CC(C)CCC[C@@H](C)[C@H]1CC[C@H]2[C@@H]3CC=C4C[C@@H](OC(=O)CSSCC(=O)NCCCCCCCCN)CC[C@]4(C)[C@H]3CC[C@]12C.Cl. The molecular weight excluding hydrogens is 644 g/mol. The largest absolute Gasteiger partial charge is 0.461 e. The number of esters is 1. The summed E-state index contributed by atoms with van der Waals surface area (Å²) in [6.07, 6.45) is 23.6. The monoisotopic (exact) mass is 712 g/mol. The summed E-state index contributed by atoms with van der Waals surface area (Å²) in [5.74, 6) is 5.66. The first-order valence-electron chi connectivity index (χ1n) is 19.2. The Labute approximate surface area is 302 Å².